The lowest BCUT2D eigenvalue weighted by Gasteiger charge is -2.20. The quantitative estimate of drug-likeness (QED) is 0.613. The van der Waals surface area contributed by atoms with Gasteiger partial charge in [-0.15, -0.1) is 0 Å². The average molecular weight is 203 g/mol. The lowest BCUT2D eigenvalue weighted by molar-refractivity contribution is 0.316. The summed E-state index contributed by atoms with van der Waals surface area (Å²) >= 11 is 0. The number of likely N-dealkylation sites (N-methyl/N-ethyl adjacent to an activating group) is 1. The van der Waals surface area contributed by atoms with Crippen molar-refractivity contribution in [3.63, 3.8) is 0 Å². The van der Waals surface area contributed by atoms with Gasteiger partial charge in [0.1, 0.15) is 6.61 Å². The molecule has 0 spiro atoms. The number of fused-ring (bicyclic) bond motifs is 2. The second kappa shape index (κ2) is 2.90. The molecule has 78 valence electrons. The van der Waals surface area contributed by atoms with Gasteiger partial charge in [-0.05, 0) is 12.1 Å². The molecule has 0 radical (unpaired) electrons. The summed E-state index contributed by atoms with van der Waals surface area (Å²) in [5.74, 6) is 0.805. The summed E-state index contributed by atoms with van der Waals surface area (Å²) in [6.45, 7) is 1.54. The number of nitrogens with two attached hydrogens (primary N) is 1. The van der Waals surface area contributed by atoms with Crippen LogP contribution < -0.4 is 15.9 Å². The first-order chi connectivity index (χ1) is 7.25. The van der Waals surface area contributed by atoms with Gasteiger partial charge in [0.2, 0.25) is 0 Å². The number of ether oxygens (including phenoxy) is 1. The van der Waals surface area contributed by atoms with Crippen LogP contribution in [-0.4, -0.2) is 25.2 Å². The van der Waals surface area contributed by atoms with Crippen molar-refractivity contribution in [3.8, 4) is 5.75 Å². The maximum Gasteiger partial charge on any atom is 0.152 e. The molecule has 0 fully saturated rings. The first-order valence-corrected chi connectivity index (χ1v) is 4.97. The average Bonchev–Trinajstić information content (AvgIpc) is 2.59. The molecule has 3 N–H and O–H groups in total. The molecule has 4 heteroatoms. The Bertz CT molecular complexity index is 453. The van der Waals surface area contributed by atoms with Gasteiger partial charge in [-0.1, -0.05) is 6.07 Å². The Kier molecular flexibility index (Phi) is 1.67. The number of nitrogen functional groups attached to an aromatic ring is 1. The summed E-state index contributed by atoms with van der Waals surface area (Å²) in [6, 6.07) is 5.85. The van der Waals surface area contributed by atoms with E-state index in [4.69, 9.17) is 10.5 Å². The number of hydrogen-bond donors (Lipinski definition) is 2. The van der Waals surface area contributed by atoms with Crippen LogP contribution in [0.4, 0.5) is 5.69 Å². The molecule has 0 saturated heterocycles. The molecule has 0 saturated carbocycles. The lowest BCUT2D eigenvalue weighted by Crippen LogP contribution is -2.26. The SMILES string of the molecule is CN1CC2=C(N1)c1cccc(N)c1OC2. The van der Waals surface area contributed by atoms with E-state index in [1.54, 1.807) is 0 Å². The first-order valence-electron chi connectivity index (χ1n) is 4.97. The van der Waals surface area contributed by atoms with E-state index in [-0.39, 0.29) is 0 Å². The summed E-state index contributed by atoms with van der Waals surface area (Å²) < 4.78 is 5.67. The van der Waals surface area contributed by atoms with Crippen LogP contribution >= 0.6 is 0 Å². The highest BCUT2D eigenvalue weighted by molar-refractivity contribution is 5.79. The fourth-order valence-electron chi connectivity index (χ4n) is 2.12. The topological polar surface area (TPSA) is 50.5 Å². The second-order valence-corrected chi connectivity index (χ2v) is 3.96. The van der Waals surface area contributed by atoms with Crippen molar-refractivity contribution in [2.24, 2.45) is 0 Å². The number of para-hydroxylation sites is 1. The molecule has 1 aromatic carbocycles. The molecule has 2 aliphatic heterocycles. The highest BCUT2D eigenvalue weighted by Gasteiger charge is 2.27. The molecule has 15 heavy (non-hydrogen) atoms. The number of rotatable bonds is 0. The molecular weight excluding hydrogens is 190 g/mol. The molecular formula is C11H13N3O. The van der Waals surface area contributed by atoms with Crippen LogP contribution in [0.3, 0.4) is 0 Å². The highest BCUT2D eigenvalue weighted by atomic mass is 16.5. The van der Waals surface area contributed by atoms with Crippen molar-refractivity contribution >= 4 is 11.4 Å². The first kappa shape index (κ1) is 8.61. The van der Waals surface area contributed by atoms with Crippen molar-refractivity contribution in [1.82, 2.24) is 10.4 Å². The Morgan fingerprint density at radius 1 is 1.47 bits per heavy atom. The molecule has 0 unspecified atom stereocenters. The van der Waals surface area contributed by atoms with Gasteiger partial charge in [-0.25, -0.2) is 5.01 Å². The van der Waals surface area contributed by atoms with Crippen LogP contribution in [0.25, 0.3) is 5.70 Å². The van der Waals surface area contributed by atoms with Crippen molar-refractivity contribution in [2.75, 3.05) is 25.9 Å². The zero-order valence-electron chi connectivity index (χ0n) is 8.58. The van der Waals surface area contributed by atoms with Crippen molar-refractivity contribution < 1.29 is 4.74 Å². The predicted octanol–water partition coefficient (Wildman–Crippen LogP) is 0.822. The Hall–Kier alpha value is -1.68. The maximum atomic E-state index is 5.87. The van der Waals surface area contributed by atoms with Crippen molar-refractivity contribution in [2.45, 2.75) is 0 Å². The summed E-state index contributed by atoms with van der Waals surface area (Å²) in [5, 5.41) is 2.05. The van der Waals surface area contributed by atoms with Gasteiger partial charge < -0.3 is 15.9 Å². The number of anilines is 1. The predicted molar refractivity (Wildman–Crippen MR) is 59.0 cm³/mol. The zero-order chi connectivity index (χ0) is 10.4. The molecule has 0 aromatic heterocycles. The van der Waals surface area contributed by atoms with E-state index < -0.39 is 0 Å². The van der Waals surface area contributed by atoms with Crippen molar-refractivity contribution in [3.05, 3.63) is 29.3 Å². The van der Waals surface area contributed by atoms with E-state index in [1.165, 1.54) is 5.57 Å². The fraction of sp³-hybridized carbons (Fsp3) is 0.273. The lowest BCUT2D eigenvalue weighted by atomic mass is 10.0. The van der Waals surface area contributed by atoms with E-state index in [1.807, 2.05) is 30.3 Å². The summed E-state index contributed by atoms with van der Waals surface area (Å²) in [4.78, 5) is 0. The molecule has 0 amide bonds. The molecule has 0 atom stereocenters. The highest BCUT2D eigenvalue weighted by Crippen LogP contribution is 2.37. The van der Waals surface area contributed by atoms with E-state index in [0.29, 0.717) is 12.3 Å². The number of nitrogens with zero attached hydrogens (tertiary/aromatic N) is 1. The van der Waals surface area contributed by atoms with Crippen molar-refractivity contribution in [1.29, 1.82) is 0 Å². The number of nitrogens with one attached hydrogen (secondary N) is 1. The van der Waals surface area contributed by atoms with Crippen LogP contribution in [0.15, 0.2) is 23.8 Å². The van der Waals surface area contributed by atoms with E-state index >= 15 is 0 Å². The number of benzene rings is 1. The molecule has 2 heterocycles. The van der Waals surface area contributed by atoms with Gasteiger partial charge in [0.15, 0.2) is 5.75 Å². The van der Waals surface area contributed by atoms with Crippen LogP contribution in [-0.2, 0) is 0 Å². The minimum absolute atomic E-state index is 0.633. The van der Waals surface area contributed by atoms with E-state index in [9.17, 15) is 0 Å². The van der Waals surface area contributed by atoms with E-state index in [2.05, 4.69) is 5.43 Å². The Balaban J connectivity index is 2.14. The van der Waals surface area contributed by atoms with Crippen LogP contribution in [0.2, 0.25) is 0 Å². The summed E-state index contributed by atoms with van der Waals surface area (Å²) in [5.41, 5.74) is 13.4. The smallest absolute Gasteiger partial charge is 0.152 e. The van der Waals surface area contributed by atoms with E-state index in [0.717, 1.165) is 23.6 Å². The number of hydrogen-bond acceptors (Lipinski definition) is 4. The van der Waals surface area contributed by atoms with Crippen LogP contribution in [0.1, 0.15) is 5.56 Å². The van der Waals surface area contributed by atoms with Crippen LogP contribution in [0, 0.1) is 0 Å². The molecule has 0 aliphatic carbocycles. The largest absolute Gasteiger partial charge is 0.486 e. The van der Waals surface area contributed by atoms with Gasteiger partial charge in [0.05, 0.1) is 11.4 Å². The fourth-order valence-corrected chi connectivity index (χ4v) is 2.12. The van der Waals surface area contributed by atoms with Gasteiger partial charge in [-0.2, -0.15) is 0 Å². The standard InChI is InChI=1S/C11H13N3O/c1-14-5-7-6-15-11-8(10(7)13-14)3-2-4-9(11)12/h2-4,13H,5-6,12H2,1H3. The third-order valence-corrected chi connectivity index (χ3v) is 2.79. The molecule has 2 aliphatic rings. The third kappa shape index (κ3) is 1.18. The monoisotopic (exact) mass is 203 g/mol. The minimum Gasteiger partial charge on any atom is -0.486 e. The molecule has 4 nitrogen and oxygen atoms in total. The molecule has 3 rings (SSSR count). The maximum absolute atomic E-state index is 5.87. The summed E-state index contributed by atoms with van der Waals surface area (Å²) in [7, 11) is 2.02. The second-order valence-electron chi connectivity index (χ2n) is 3.96. The van der Waals surface area contributed by atoms with Gasteiger partial charge in [0.25, 0.3) is 0 Å². The van der Waals surface area contributed by atoms with Gasteiger partial charge >= 0.3 is 0 Å². The Labute approximate surface area is 88.3 Å². The zero-order valence-corrected chi connectivity index (χ0v) is 8.58. The molecule has 1 aromatic rings. The Morgan fingerprint density at radius 3 is 3.20 bits per heavy atom. The minimum atomic E-state index is 0.633. The summed E-state index contributed by atoms with van der Waals surface area (Å²) in [6.07, 6.45) is 0. The van der Waals surface area contributed by atoms with Gasteiger partial charge in [-0.3, -0.25) is 0 Å². The Morgan fingerprint density at radius 2 is 2.33 bits per heavy atom. The number of hydrazine groups is 1. The third-order valence-electron chi connectivity index (χ3n) is 2.79. The normalized spacial score (nSPS) is 19.3. The molecule has 0 bridgehead atoms. The van der Waals surface area contributed by atoms with Crippen LogP contribution in [0.5, 0.6) is 5.75 Å². The van der Waals surface area contributed by atoms with Gasteiger partial charge in [0, 0.05) is 24.7 Å².